The second kappa shape index (κ2) is 6.22. The van der Waals surface area contributed by atoms with Gasteiger partial charge in [0.15, 0.2) is 0 Å². The summed E-state index contributed by atoms with van der Waals surface area (Å²) in [5.74, 6) is 4.53. The highest BCUT2D eigenvalue weighted by Gasteiger charge is 2.05. The summed E-state index contributed by atoms with van der Waals surface area (Å²) in [4.78, 5) is 11.9. The molecule has 0 saturated carbocycles. The van der Waals surface area contributed by atoms with Crippen molar-refractivity contribution < 1.29 is 9.50 Å². The molecule has 1 aromatic carbocycles. The van der Waals surface area contributed by atoms with E-state index in [9.17, 15) is 9.18 Å². The number of rotatable bonds is 3. The van der Waals surface area contributed by atoms with Crippen LogP contribution in [0.1, 0.15) is 18.1 Å². The Morgan fingerprint density at radius 3 is 2.70 bits per heavy atom. The molecule has 0 aliphatic rings. The average Bonchev–Trinajstić information content (AvgIpc) is 2.80. The Kier molecular flexibility index (Phi) is 4.38. The first kappa shape index (κ1) is 14.1. The SMILES string of the molecule is CCn1ccn(Cc2ccc(F)c(C#CCO)c2)c1=O. The van der Waals surface area contributed by atoms with Crippen molar-refractivity contribution in [2.75, 3.05) is 6.61 Å². The van der Waals surface area contributed by atoms with Crippen molar-refractivity contribution in [3.63, 3.8) is 0 Å². The molecule has 0 aliphatic heterocycles. The van der Waals surface area contributed by atoms with Crippen LogP contribution in [0.3, 0.4) is 0 Å². The molecule has 0 bridgehead atoms. The van der Waals surface area contributed by atoms with E-state index in [0.29, 0.717) is 13.1 Å². The monoisotopic (exact) mass is 274 g/mol. The van der Waals surface area contributed by atoms with Gasteiger partial charge < -0.3 is 5.11 Å². The van der Waals surface area contributed by atoms with Crippen LogP contribution in [0.4, 0.5) is 4.39 Å². The molecular formula is C15H15FN2O2. The van der Waals surface area contributed by atoms with Crippen LogP contribution in [0.5, 0.6) is 0 Å². The lowest BCUT2D eigenvalue weighted by molar-refractivity contribution is 0.350. The largest absolute Gasteiger partial charge is 0.384 e. The van der Waals surface area contributed by atoms with E-state index >= 15 is 0 Å². The van der Waals surface area contributed by atoms with Crippen molar-refractivity contribution >= 4 is 0 Å². The Morgan fingerprint density at radius 2 is 2.05 bits per heavy atom. The number of aromatic nitrogens is 2. The van der Waals surface area contributed by atoms with Gasteiger partial charge in [0.1, 0.15) is 12.4 Å². The standard InChI is InChI=1S/C15H15FN2O2/c1-2-17-7-8-18(15(17)20)11-12-5-6-14(16)13(10-12)4-3-9-19/h5-8,10,19H,2,9,11H2,1H3. The molecule has 0 saturated heterocycles. The van der Waals surface area contributed by atoms with Gasteiger partial charge in [-0.05, 0) is 24.6 Å². The fourth-order valence-electron chi connectivity index (χ4n) is 1.91. The molecule has 5 heteroatoms. The summed E-state index contributed by atoms with van der Waals surface area (Å²) in [7, 11) is 0. The summed E-state index contributed by atoms with van der Waals surface area (Å²) in [6.45, 7) is 2.55. The summed E-state index contributed by atoms with van der Waals surface area (Å²) >= 11 is 0. The molecule has 1 N–H and O–H groups in total. The molecule has 0 unspecified atom stereocenters. The number of aliphatic hydroxyl groups excluding tert-OH is 1. The van der Waals surface area contributed by atoms with Gasteiger partial charge in [-0.3, -0.25) is 9.13 Å². The van der Waals surface area contributed by atoms with E-state index < -0.39 is 5.82 Å². The summed E-state index contributed by atoms with van der Waals surface area (Å²) in [5.41, 5.74) is 0.906. The van der Waals surface area contributed by atoms with Crippen molar-refractivity contribution in [3.05, 3.63) is 58.0 Å². The minimum absolute atomic E-state index is 0.0974. The highest BCUT2D eigenvalue weighted by Crippen LogP contribution is 2.10. The highest BCUT2D eigenvalue weighted by molar-refractivity contribution is 5.38. The number of halogens is 1. The third-order valence-corrected chi connectivity index (χ3v) is 2.94. The van der Waals surface area contributed by atoms with Crippen LogP contribution in [0.15, 0.2) is 35.4 Å². The average molecular weight is 274 g/mol. The third kappa shape index (κ3) is 2.98. The summed E-state index contributed by atoms with van der Waals surface area (Å²) in [5, 5.41) is 8.65. The molecule has 1 heterocycles. The number of aliphatic hydroxyl groups is 1. The molecule has 0 atom stereocenters. The lowest BCUT2D eigenvalue weighted by Gasteiger charge is -2.04. The van der Waals surface area contributed by atoms with Crippen LogP contribution in [0.2, 0.25) is 0 Å². The topological polar surface area (TPSA) is 47.2 Å². The normalized spacial score (nSPS) is 10.2. The molecule has 20 heavy (non-hydrogen) atoms. The van der Waals surface area contributed by atoms with Crippen LogP contribution in [-0.4, -0.2) is 20.8 Å². The van der Waals surface area contributed by atoms with Crippen LogP contribution in [0, 0.1) is 17.7 Å². The maximum Gasteiger partial charge on any atom is 0.328 e. The van der Waals surface area contributed by atoms with E-state index in [1.54, 1.807) is 33.7 Å². The maximum atomic E-state index is 13.5. The Labute approximate surface area is 116 Å². The van der Waals surface area contributed by atoms with E-state index in [-0.39, 0.29) is 17.9 Å². The number of nitrogens with zero attached hydrogens (tertiary/aromatic N) is 2. The van der Waals surface area contributed by atoms with Crippen LogP contribution >= 0.6 is 0 Å². The summed E-state index contributed by atoms with van der Waals surface area (Å²) in [6.07, 6.45) is 3.42. The van der Waals surface area contributed by atoms with Gasteiger partial charge >= 0.3 is 5.69 Å². The van der Waals surface area contributed by atoms with E-state index in [0.717, 1.165) is 5.56 Å². The van der Waals surface area contributed by atoms with Gasteiger partial charge in [-0.15, -0.1) is 0 Å². The quantitative estimate of drug-likeness (QED) is 0.855. The summed E-state index contributed by atoms with van der Waals surface area (Å²) in [6, 6.07) is 4.53. The van der Waals surface area contributed by atoms with Crippen molar-refractivity contribution in [2.24, 2.45) is 0 Å². The number of hydrogen-bond donors (Lipinski definition) is 1. The highest BCUT2D eigenvalue weighted by atomic mass is 19.1. The van der Waals surface area contributed by atoms with Crippen molar-refractivity contribution in [1.82, 2.24) is 9.13 Å². The Balaban J connectivity index is 2.29. The predicted molar refractivity (Wildman–Crippen MR) is 73.8 cm³/mol. The van der Waals surface area contributed by atoms with E-state index in [2.05, 4.69) is 11.8 Å². The van der Waals surface area contributed by atoms with Crippen molar-refractivity contribution in [3.8, 4) is 11.8 Å². The Morgan fingerprint density at radius 1 is 1.30 bits per heavy atom. The fourth-order valence-corrected chi connectivity index (χ4v) is 1.91. The molecular weight excluding hydrogens is 259 g/mol. The van der Waals surface area contributed by atoms with Gasteiger partial charge in [-0.2, -0.15) is 0 Å². The first-order chi connectivity index (χ1) is 9.65. The maximum absolute atomic E-state index is 13.5. The zero-order chi connectivity index (χ0) is 14.5. The molecule has 0 fully saturated rings. The zero-order valence-corrected chi connectivity index (χ0v) is 11.1. The number of benzene rings is 1. The van der Waals surface area contributed by atoms with Crippen molar-refractivity contribution in [2.45, 2.75) is 20.0 Å². The number of hydrogen-bond acceptors (Lipinski definition) is 2. The van der Waals surface area contributed by atoms with Gasteiger partial charge in [0, 0.05) is 18.9 Å². The fraction of sp³-hybridized carbons (Fsp3) is 0.267. The second-order valence-corrected chi connectivity index (χ2v) is 4.27. The number of imidazole rings is 1. The molecule has 2 aromatic rings. The molecule has 2 rings (SSSR count). The van der Waals surface area contributed by atoms with Gasteiger partial charge in [-0.1, -0.05) is 17.9 Å². The van der Waals surface area contributed by atoms with Crippen molar-refractivity contribution in [1.29, 1.82) is 0 Å². The Hall–Kier alpha value is -2.32. The lowest BCUT2D eigenvalue weighted by atomic mass is 10.1. The first-order valence-corrected chi connectivity index (χ1v) is 6.29. The van der Waals surface area contributed by atoms with E-state index in [1.807, 2.05) is 6.92 Å². The second-order valence-electron chi connectivity index (χ2n) is 4.27. The minimum atomic E-state index is -0.437. The third-order valence-electron chi connectivity index (χ3n) is 2.94. The number of aryl methyl sites for hydroxylation is 1. The first-order valence-electron chi connectivity index (χ1n) is 6.29. The van der Waals surface area contributed by atoms with Crippen LogP contribution in [0.25, 0.3) is 0 Å². The molecule has 0 aliphatic carbocycles. The minimum Gasteiger partial charge on any atom is -0.384 e. The van der Waals surface area contributed by atoms with Gasteiger partial charge in [0.2, 0.25) is 0 Å². The molecule has 0 amide bonds. The predicted octanol–water partition coefficient (Wildman–Crippen LogP) is 1.20. The van der Waals surface area contributed by atoms with E-state index in [4.69, 9.17) is 5.11 Å². The molecule has 1 aromatic heterocycles. The van der Waals surface area contributed by atoms with Gasteiger partial charge in [0.25, 0.3) is 0 Å². The van der Waals surface area contributed by atoms with Crippen LogP contribution < -0.4 is 5.69 Å². The smallest absolute Gasteiger partial charge is 0.328 e. The Bertz CT molecular complexity index is 719. The van der Waals surface area contributed by atoms with Crippen LogP contribution in [-0.2, 0) is 13.1 Å². The molecule has 104 valence electrons. The zero-order valence-electron chi connectivity index (χ0n) is 11.1. The molecule has 4 nitrogen and oxygen atoms in total. The molecule has 0 radical (unpaired) electrons. The molecule has 0 spiro atoms. The lowest BCUT2D eigenvalue weighted by Crippen LogP contribution is -2.23. The summed E-state index contributed by atoms with van der Waals surface area (Å²) < 4.78 is 16.7. The van der Waals surface area contributed by atoms with Gasteiger partial charge in [-0.25, -0.2) is 9.18 Å². The van der Waals surface area contributed by atoms with E-state index in [1.165, 1.54) is 6.07 Å². The van der Waals surface area contributed by atoms with Gasteiger partial charge in [0.05, 0.1) is 12.1 Å².